The first-order valence-corrected chi connectivity index (χ1v) is 16.7. The summed E-state index contributed by atoms with van der Waals surface area (Å²) in [6.07, 6.45) is 6.27. The molecule has 0 spiro atoms. The zero-order valence-electron chi connectivity index (χ0n) is 21.9. The van der Waals surface area contributed by atoms with Gasteiger partial charge in [0.15, 0.2) is 5.82 Å². The second-order valence-electron chi connectivity index (χ2n) is 11.2. The van der Waals surface area contributed by atoms with Gasteiger partial charge in [-0.1, -0.05) is 43.9 Å². The third-order valence-corrected chi connectivity index (χ3v) is 8.70. The van der Waals surface area contributed by atoms with Gasteiger partial charge in [0.05, 0.1) is 5.69 Å². The number of carboxylic acid groups (broad SMARTS) is 1. The Kier molecular flexibility index (Phi) is 8.36. The minimum absolute atomic E-state index is 0.300. The van der Waals surface area contributed by atoms with Gasteiger partial charge in [-0.3, -0.25) is 9.78 Å². The van der Waals surface area contributed by atoms with E-state index >= 15 is 0 Å². The van der Waals surface area contributed by atoms with E-state index in [1.54, 1.807) is 0 Å². The number of aryl methyl sites for hydroxylation is 1. The summed E-state index contributed by atoms with van der Waals surface area (Å²) in [4.78, 5) is 20.3. The highest BCUT2D eigenvalue weighted by atomic mass is 28.3. The third-order valence-electron chi connectivity index (χ3n) is 7.00. The van der Waals surface area contributed by atoms with Crippen LogP contribution < -0.4 is 0 Å². The van der Waals surface area contributed by atoms with Crippen molar-refractivity contribution in [3.63, 3.8) is 0 Å². The van der Waals surface area contributed by atoms with Crippen molar-refractivity contribution >= 4 is 14.0 Å². The average Bonchev–Trinajstić information content (AvgIpc) is 3.22. The second kappa shape index (κ2) is 11.5. The molecular formula is C28H38N4O3Si. The lowest BCUT2D eigenvalue weighted by molar-refractivity contribution is -0.138. The van der Waals surface area contributed by atoms with Gasteiger partial charge in [-0.25, -0.2) is 9.67 Å². The summed E-state index contributed by atoms with van der Waals surface area (Å²) in [5.74, 6) is 1.65. The largest absolute Gasteiger partial charge is 0.481 e. The summed E-state index contributed by atoms with van der Waals surface area (Å²) in [6.45, 7) is 10.1. The number of carboxylic acids is 1. The number of hydrogen-bond donors (Lipinski definition) is 1. The molecule has 192 valence electrons. The Bertz CT molecular complexity index is 1150. The molecule has 1 N–H and O–H groups in total. The predicted octanol–water partition coefficient (Wildman–Crippen LogP) is 6.38. The predicted molar refractivity (Wildman–Crippen MR) is 144 cm³/mol. The van der Waals surface area contributed by atoms with E-state index in [0.29, 0.717) is 25.0 Å². The van der Waals surface area contributed by atoms with Crippen LogP contribution >= 0.6 is 0 Å². The third kappa shape index (κ3) is 7.10. The highest BCUT2D eigenvalue weighted by Crippen LogP contribution is 2.37. The first kappa shape index (κ1) is 26.2. The van der Waals surface area contributed by atoms with Crippen LogP contribution in [0.1, 0.15) is 49.4 Å². The van der Waals surface area contributed by atoms with Crippen LogP contribution in [0.4, 0.5) is 0 Å². The number of carbonyl (C=O) groups is 1. The minimum Gasteiger partial charge on any atom is -0.481 e. The summed E-state index contributed by atoms with van der Waals surface area (Å²) in [5, 5.41) is 13.5. The van der Waals surface area contributed by atoms with Crippen molar-refractivity contribution in [2.45, 2.75) is 77.4 Å². The highest BCUT2D eigenvalue weighted by Gasteiger charge is 2.24. The van der Waals surface area contributed by atoms with Gasteiger partial charge in [0.2, 0.25) is 0 Å². The van der Waals surface area contributed by atoms with Crippen LogP contribution in [0.25, 0.3) is 22.6 Å². The lowest BCUT2D eigenvalue weighted by Gasteiger charge is -2.28. The van der Waals surface area contributed by atoms with E-state index in [-0.39, 0.29) is 0 Å². The fourth-order valence-electron chi connectivity index (χ4n) is 4.86. The van der Waals surface area contributed by atoms with Gasteiger partial charge >= 0.3 is 5.97 Å². The van der Waals surface area contributed by atoms with Crippen molar-refractivity contribution < 1.29 is 14.6 Å². The number of ether oxygens (including phenoxy) is 1. The molecule has 1 aliphatic rings. The van der Waals surface area contributed by atoms with Crippen LogP contribution in [0.2, 0.25) is 25.7 Å². The second-order valence-corrected chi connectivity index (χ2v) is 16.8. The van der Waals surface area contributed by atoms with Crippen LogP contribution in [0.15, 0.2) is 42.6 Å². The van der Waals surface area contributed by atoms with Crippen LogP contribution in [0.5, 0.6) is 0 Å². The molecule has 7 nitrogen and oxygen atoms in total. The topological polar surface area (TPSA) is 90.1 Å². The molecule has 0 unspecified atom stereocenters. The van der Waals surface area contributed by atoms with Gasteiger partial charge in [0.25, 0.3) is 0 Å². The van der Waals surface area contributed by atoms with Crippen LogP contribution in [0.3, 0.4) is 0 Å². The standard InChI is InChI=1S/C28H38N4O3Si/c1-20-30-28(32(31-20)19-35-15-16-36(2,3)4)25-13-14-26(29-18-25)24-11-9-23(10-12-24)22-7-5-21(6-8-22)17-27(33)34/h9-14,18,21-22H,5-8,15-17,19H2,1-4H3,(H,33,34)/t21-,22-. The first-order chi connectivity index (χ1) is 17.2. The van der Waals surface area contributed by atoms with Gasteiger partial charge in [-0.05, 0) is 68.2 Å². The highest BCUT2D eigenvalue weighted by molar-refractivity contribution is 6.76. The fraction of sp³-hybridized carbons (Fsp3) is 0.500. The maximum Gasteiger partial charge on any atom is 0.303 e. The summed E-state index contributed by atoms with van der Waals surface area (Å²) in [7, 11) is -1.13. The van der Waals surface area contributed by atoms with E-state index in [0.717, 1.165) is 66.8 Å². The smallest absolute Gasteiger partial charge is 0.303 e. The molecule has 4 rings (SSSR count). The minimum atomic E-state index is -1.13. The van der Waals surface area contributed by atoms with E-state index in [1.807, 2.05) is 29.9 Å². The molecule has 8 heteroatoms. The zero-order valence-corrected chi connectivity index (χ0v) is 22.9. The summed E-state index contributed by atoms with van der Waals surface area (Å²) < 4.78 is 7.71. The molecular weight excluding hydrogens is 468 g/mol. The maximum absolute atomic E-state index is 11.0. The lowest BCUT2D eigenvalue weighted by Crippen LogP contribution is -2.22. The quantitative estimate of drug-likeness (QED) is 0.254. The van der Waals surface area contributed by atoms with Crippen LogP contribution in [-0.2, 0) is 16.3 Å². The Balaban J connectivity index is 1.38. The zero-order chi connectivity index (χ0) is 25.7. The van der Waals surface area contributed by atoms with E-state index in [4.69, 9.17) is 14.8 Å². The molecule has 1 saturated carbocycles. The molecule has 0 aliphatic heterocycles. The Morgan fingerprint density at radius 2 is 1.75 bits per heavy atom. The van der Waals surface area contributed by atoms with Gasteiger partial charge in [0.1, 0.15) is 12.6 Å². The summed E-state index contributed by atoms with van der Waals surface area (Å²) >= 11 is 0. The van der Waals surface area contributed by atoms with Crippen molar-refractivity contribution in [2.24, 2.45) is 5.92 Å². The molecule has 1 aromatic carbocycles. The van der Waals surface area contributed by atoms with Crippen LogP contribution in [-0.4, -0.2) is 45.5 Å². The SMILES string of the molecule is Cc1nc(-c2ccc(-c3ccc([C@H]4CC[C@H](CC(=O)O)CC4)cc3)nc2)n(COCC[Si](C)(C)C)n1. The fourth-order valence-corrected chi connectivity index (χ4v) is 5.61. The molecule has 36 heavy (non-hydrogen) atoms. The summed E-state index contributed by atoms with van der Waals surface area (Å²) in [6, 6.07) is 13.9. The first-order valence-electron chi connectivity index (χ1n) is 13.0. The maximum atomic E-state index is 11.0. The van der Waals surface area contributed by atoms with Crippen LogP contribution in [0, 0.1) is 12.8 Å². The van der Waals surface area contributed by atoms with Gasteiger partial charge in [-0.2, -0.15) is 5.10 Å². The molecule has 2 aromatic heterocycles. The van der Waals surface area contributed by atoms with E-state index in [2.05, 4.69) is 54.0 Å². The van der Waals surface area contributed by atoms with Gasteiger partial charge < -0.3 is 9.84 Å². The number of rotatable bonds is 10. The molecule has 1 fully saturated rings. The molecule has 0 radical (unpaired) electrons. The van der Waals surface area contributed by atoms with E-state index < -0.39 is 14.0 Å². The number of aromatic nitrogens is 4. The Hall–Kier alpha value is -2.84. The van der Waals surface area contributed by atoms with Crippen molar-refractivity contribution in [1.82, 2.24) is 19.7 Å². The van der Waals surface area contributed by atoms with Crippen molar-refractivity contribution in [2.75, 3.05) is 6.61 Å². The molecule has 0 saturated heterocycles. The number of pyridine rings is 1. The Labute approximate surface area is 215 Å². The van der Waals surface area contributed by atoms with E-state index in [1.165, 1.54) is 5.56 Å². The average molecular weight is 507 g/mol. The monoisotopic (exact) mass is 506 g/mol. The Morgan fingerprint density at radius 1 is 1.06 bits per heavy atom. The summed E-state index contributed by atoms with van der Waals surface area (Å²) in [5.41, 5.74) is 4.26. The lowest BCUT2D eigenvalue weighted by atomic mass is 9.77. The number of aliphatic carboxylic acids is 1. The molecule has 0 amide bonds. The number of benzene rings is 1. The van der Waals surface area contributed by atoms with Crippen molar-refractivity contribution in [3.8, 4) is 22.6 Å². The molecule has 0 bridgehead atoms. The Morgan fingerprint density at radius 3 is 2.36 bits per heavy atom. The molecule has 3 aromatic rings. The van der Waals surface area contributed by atoms with Gasteiger partial charge in [0, 0.05) is 38.4 Å². The normalized spacial score (nSPS) is 18.3. The molecule has 0 atom stereocenters. The van der Waals surface area contributed by atoms with Gasteiger partial charge in [-0.15, -0.1) is 0 Å². The number of nitrogens with zero attached hydrogens (tertiary/aromatic N) is 4. The van der Waals surface area contributed by atoms with E-state index in [9.17, 15) is 4.79 Å². The number of hydrogen-bond acceptors (Lipinski definition) is 5. The van der Waals surface area contributed by atoms with Crippen molar-refractivity contribution in [1.29, 1.82) is 0 Å². The molecule has 2 heterocycles. The van der Waals surface area contributed by atoms with Crippen molar-refractivity contribution in [3.05, 3.63) is 54.0 Å². The molecule has 1 aliphatic carbocycles.